The van der Waals surface area contributed by atoms with Gasteiger partial charge >= 0.3 is 6.03 Å². The van der Waals surface area contributed by atoms with E-state index < -0.39 is 6.03 Å². The molecule has 6 nitrogen and oxygen atoms in total. The van der Waals surface area contributed by atoms with E-state index in [1.165, 1.54) is 4.88 Å². The maximum atomic E-state index is 11.9. The third-order valence-corrected chi connectivity index (χ3v) is 4.43. The summed E-state index contributed by atoms with van der Waals surface area (Å²) in [5.74, 6) is 0.444. The summed E-state index contributed by atoms with van der Waals surface area (Å²) in [4.78, 5) is 26.7. The van der Waals surface area contributed by atoms with E-state index in [1.807, 2.05) is 53.7 Å². The predicted molar refractivity (Wildman–Crippen MR) is 98.9 cm³/mol. The molecule has 1 aromatic carbocycles. The van der Waals surface area contributed by atoms with Crippen molar-refractivity contribution in [1.29, 1.82) is 0 Å². The van der Waals surface area contributed by atoms with Crippen LogP contribution in [0.2, 0.25) is 0 Å². The summed E-state index contributed by atoms with van der Waals surface area (Å²) in [5, 5.41) is 7.04. The molecule has 134 valence electrons. The van der Waals surface area contributed by atoms with E-state index in [1.54, 1.807) is 18.4 Å². The van der Waals surface area contributed by atoms with Crippen LogP contribution >= 0.6 is 11.3 Å². The number of carbonyl (C=O) groups is 2. The van der Waals surface area contributed by atoms with Gasteiger partial charge < -0.3 is 10.1 Å². The van der Waals surface area contributed by atoms with Crippen molar-refractivity contribution < 1.29 is 14.3 Å². The fourth-order valence-electron chi connectivity index (χ4n) is 2.35. The number of benzene rings is 1. The van der Waals surface area contributed by atoms with Crippen molar-refractivity contribution in [2.24, 2.45) is 0 Å². The van der Waals surface area contributed by atoms with Crippen LogP contribution in [0, 0.1) is 0 Å². The molecule has 0 aliphatic rings. The number of ether oxygens (including phenoxy) is 1. The number of amides is 3. The number of hydrogen-bond donors (Lipinski definition) is 2. The van der Waals surface area contributed by atoms with Gasteiger partial charge in [-0.05, 0) is 42.6 Å². The van der Waals surface area contributed by atoms with Crippen molar-refractivity contribution in [3.8, 4) is 5.75 Å². The summed E-state index contributed by atoms with van der Waals surface area (Å²) in [6.07, 6.45) is 0.759. The number of nitrogens with one attached hydrogen (secondary N) is 2. The predicted octanol–water partition coefficient (Wildman–Crippen LogP) is 2.26. The Bertz CT molecular complexity index is 689. The van der Waals surface area contributed by atoms with Gasteiger partial charge in [-0.1, -0.05) is 18.2 Å². The van der Waals surface area contributed by atoms with Crippen molar-refractivity contribution >= 4 is 23.3 Å². The number of hydrogen-bond acceptors (Lipinski definition) is 5. The van der Waals surface area contributed by atoms with Crippen molar-refractivity contribution in [3.63, 3.8) is 0 Å². The largest absolute Gasteiger partial charge is 0.497 e. The topological polar surface area (TPSA) is 70.7 Å². The van der Waals surface area contributed by atoms with E-state index in [0.717, 1.165) is 17.7 Å². The molecule has 7 heteroatoms. The number of urea groups is 1. The molecule has 0 unspecified atom stereocenters. The number of imide groups is 1. The van der Waals surface area contributed by atoms with Gasteiger partial charge in [-0.25, -0.2) is 4.79 Å². The molecule has 25 heavy (non-hydrogen) atoms. The van der Waals surface area contributed by atoms with Crippen molar-refractivity contribution in [3.05, 3.63) is 52.2 Å². The van der Waals surface area contributed by atoms with Crippen LogP contribution in [0.3, 0.4) is 0 Å². The maximum absolute atomic E-state index is 11.9. The molecule has 0 atom stereocenters. The Kier molecular flexibility index (Phi) is 7.43. The molecule has 2 aromatic rings. The number of likely N-dealkylation sites (N-methyl/N-ethyl adjacent to an activating group) is 1. The quantitative estimate of drug-likeness (QED) is 0.757. The molecule has 0 bridgehead atoms. The monoisotopic (exact) mass is 361 g/mol. The zero-order valence-electron chi connectivity index (χ0n) is 14.5. The van der Waals surface area contributed by atoms with Crippen LogP contribution in [-0.4, -0.2) is 44.1 Å². The first-order chi connectivity index (χ1) is 12.1. The summed E-state index contributed by atoms with van der Waals surface area (Å²) in [5.41, 5.74) is 1.04. The Morgan fingerprint density at radius 3 is 2.80 bits per heavy atom. The highest BCUT2D eigenvalue weighted by Gasteiger charge is 2.11. The van der Waals surface area contributed by atoms with Gasteiger partial charge in [-0.15, -0.1) is 11.3 Å². The van der Waals surface area contributed by atoms with E-state index in [4.69, 9.17) is 4.74 Å². The minimum atomic E-state index is -0.462. The minimum Gasteiger partial charge on any atom is -0.497 e. The second-order valence-corrected chi connectivity index (χ2v) is 6.69. The Hall–Kier alpha value is -2.38. The number of methoxy groups -OCH3 is 1. The molecule has 1 heterocycles. The molecule has 0 aliphatic heterocycles. The van der Waals surface area contributed by atoms with Gasteiger partial charge in [0.25, 0.3) is 0 Å². The van der Waals surface area contributed by atoms with Crippen LogP contribution < -0.4 is 15.4 Å². The zero-order chi connectivity index (χ0) is 18.1. The highest BCUT2D eigenvalue weighted by molar-refractivity contribution is 7.09. The molecule has 0 fully saturated rings. The number of rotatable bonds is 8. The third-order valence-electron chi connectivity index (χ3n) is 3.49. The molecule has 2 rings (SSSR count). The molecule has 0 saturated carbocycles. The van der Waals surface area contributed by atoms with Gasteiger partial charge in [0.1, 0.15) is 5.75 Å². The average molecular weight is 361 g/mol. The Balaban J connectivity index is 1.68. The summed E-state index contributed by atoms with van der Waals surface area (Å²) in [6.45, 7) is 1.22. The van der Waals surface area contributed by atoms with E-state index >= 15 is 0 Å². The van der Waals surface area contributed by atoms with Gasteiger partial charge in [0, 0.05) is 18.0 Å². The minimum absolute atomic E-state index is 0.134. The van der Waals surface area contributed by atoms with Crippen molar-refractivity contribution in [2.75, 3.05) is 27.2 Å². The Morgan fingerprint density at radius 2 is 2.08 bits per heavy atom. The number of thiophene rings is 1. The second-order valence-electron chi connectivity index (χ2n) is 5.66. The van der Waals surface area contributed by atoms with Crippen LogP contribution in [0.15, 0.2) is 41.8 Å². The normalized spacial score (nSPS) is 10.5. The molecular weight excluding hydrogens is 338 g/mol. The fraction of sp³-hybridized carbons (Fsp3) is 0.333. The third kappa shape index (κ3) is 6.94. The summed E-state index contributed by atoms with van der Waals surface area (Å²) >= 11 is 1.65. The lowest BCUT2D eigenvalue weighted by Gasteiger charge is -2.16. The molecule has 1 aromatic heterocycles. The highest BCUT2D eigenvalue weighted by Crippen LogP contribution is 2.13. The molecule has 3 amide bonds. The molecule has 0 spiro atoms. The first-order valence-corrected chi connectivity index (χ1v) is 8.86. The van der Waals surface area contributed by atoms with Gasteiger partial charge in [-0.3, -0.25) is 15.0 Å². The Morgan fingerprint density at radius 1 is 1.24 bits per heavy atom. The average Bonchev–Trinajstić information content (AvgIpc) is 3.08. The van der Waals surface area contributed by atoms with Gasteiger partial charge in [0.15, 0.2) is 0 Å². The smallest absolute Gasteiger partial charge is 0.321 e. The highest BCUT2D eigenvalue weighted by atomic mass is 32.1. The van der Waals surface area contributed by atoms with Crippen LogP contribution in [0.4, 0.5) is 4.79 Å². The zero-order valence-corrected chi connectivity index (χ0v) is 15.3. The first-order valence-electron chi connectivity index (χ1n) is 7.98. The molecule has 2 N–H and O–H groups in total. The van der Waals surface area contributed by atoms with Crippen LogP contribution in [0.25, 0.3) is 0 Å². The fourth-order valence-corrected chi connectivity index (χ4v) is 3.06. The number of carbonyl (C=O) groups excluding carboxylic acids is 2. The summed E-state index contributed by atoms with van der Waals surface area (Å²) in [7, 11) is 3.45. The van der Waals surface area contributed by atoms with Crippen LogP contribution in [0.5, 0.6) is 5.75 Å². The van der Waals surface area contributed by atoms with Crippen LogP contribution in [0.1, 0.15) is 10.4 Å². The van der Waals surface area contributed by atoms with Crippen molar-refractivity contribution in [1.82, 2.24) is 15.5 Å². The second kappa shape index (κ2) is 9.80. The molecule has 0 aliphatic carbocycles. The lowest BCUT2D eigenvalue weighted by Crippen LogP contribution is -2.44. The van der Waals surface area contributed by atoms with E-state index in [9.17, 15) is 9.59 Å². The summed E-state index contributed by atoms with van der Waals surface area (Å²) < 4.78 is 5.18. The van der Waals surface area contributed by atoms with E-state index in [2.05, 4.69) is 10.6 Å². The van der Waals surface area contributed by atoms with Gasteiger partial charge in [-0.2, -0.15) is 0 Å². The first kappa shape index (κ1) is 19.0. The van der Waals surface area contributed by atoms with E-state index in [0.29, 0.717) is 13.1 Å². The molecule has 0 saturated heterocycles. The van der Waals surface area contributed by atoms with Gasteiger partial charge in [0.05, 0.1) is 13.7 Å². The summed E-state index contributed by atoms with van der Waals surface area (Å²) in [6, 6.07) is 11.2. The molecular formula is C18H23N3O3S. The SMILES string of the molecule is COc1cccc(CN(C)CC(=O)NC(=O)NCCc2cccs2)c1. The lowest BCUT2D eigenvalue weighted by atomic mass is 10.2. The molecule has 0 radical (unpaired) electrons. The standard InChI is InChI=1S/C18H23N3O3S/c1-21(12-14-5-3-6-15(11-14)24-2)13-17(22)20-18(23)19-9-8-16-7-4-10-25-16/h3-7,10-11H,8-9,12-13H2,1-2H3,(H2,19,20,22,23). The van der Waals surface area contributed by atoms with Crippen LogP contribution in [-0.2, 0) is 17.8 Å². The van der Waals surface area contributed by atoms with E-state index in [-0.39, 0.29) is 12.5 Å². The maximum Gasteiger partial charge on any atom is 0.321 e. The lowest BCUT2D eigenvalue weighted by molar-refractivity contribution is -0.120. The van der Waals surface area contributed by atoms with Gasteiger partial charge in [0.2, 0.25) is 5.91 Å². The number of nitrogens with zero attached hydrogens (tertiary/aromatic N) is 1. The Labute approximate surface area is 151 Å². The van der Waals surface area contributed by atoms with Crippen molar-refractivity contribution in [2.45, 2.75) is 13.0 Å².